The van der Waals surface area contributed by atoms with Crippen LogP contribution in [0, 0.1) is 5.92 Å². The molecule has 3 heteroatoms. The topological polar surface area (TPSA) is 9.23 Å². The fraction of sp³-hybridized carbons (Fsp3) is 1.00. The molecule has 2 fully saturated rings. The van der Waals surface area contributed by atoms with Gasteiger partial charge in [-0.25, -0.2) is 8.78 Å². The lowest BCUT2D eigenvalue weighted by Gasteiger charge is -2.05. The largest absolute Gasteiger partial charge is 0.371 e. The van der Waals surface area contributed by atoms with Gasteiger partial charge in [-0.3, -0.25) is 0 Å². The third-order valence-electron chi connectivity index (χ3n) is 2.09. The summed E-state index contributed by atoms with van der Waals surface area (Å²) in [5.41, 5.74) is 0. The highest BCUT2D eigenvalue weighted by Crippen LogP contribution is 2.55. The number of hydrogen-bond donors (Lipinski definition) is 0. The highest BCUT2D eigenvalue weighted by atomic mass is 19.3. The van der Waals surface area contributed by atoms with Crippen molar-refractivity contribution in [2.24, 2.45) is 5.92 Å². The highest BCUT2D eigenvalue weighted by Gasteiger charge is 2.69. The quantitative estimate of drug-likeness (QED) is 0.487. The molecule has 1 saturated heterocycles. The van der Waals surface area contributed by atoms with E-state index >= 15 is 0 Å². The van der Waals surface area contributed by atoms with Crippen molar-refractivity contribution >= 4 is 0 Å². The first-order chi connectivity index (χ1) is 4.23. The van der Waals surface area contributed by atoms with Crippen LogP contribution in [-0.4, -0.2) is 18.6 Å². The lowest BCUT2D eigenvalue weighted by molar-refractivity contribution is 0.0149. The van der Waals surface area contributed by atoms with Crippen molar-refractivity contribution < 1.29 is 13.5 Å². The Bertz CT molecular complexity index is 121. The van der Waals surface area contributed by atoms with Crippen molar-refractivity contribution in [3.05, 3.63) is 0 Å². The van der Waals surface area contributed by atoms with Gasteiger partial charge in [0, 0.05) is 6.61 Å². The predicted octanol–water partition coefficient (Wildman–Crippen LogP) is 1.43. The maximum Gasteiger partial charge on any atom is 0.279 e. The normalized spacial score (nSPS) is 46.0. The van der Waals surface area contributed by atoms with Gasteiger partial charge < -0.3 is 4.74 Å². The van der Waals surface area contributed by atoms with E-state index in [4.69, 9.17) is 4.74 Å². The van der Waals surface area contributed by atoms with E-state index in [1.807, 2.05) is 0 Å². The number of ether oxygens (including phenoxy) is 1. The number of fused-ring (bicyclic) bond motifs is 1. The van der Waals surface area contributed by atoms with E-state index in [0.717, 1.165) is 6.42 Å². The lowest BCUT2D eigenvalue weighted by atomic mass is 10.2. The van der Waals surface area contributed by atoms with Gasteiger partial charge in [0.2, 0.25) is 0 Å². The average molecular weight is 134 g/mol. The Morgan fingerprint density at radius 1 is 1.44 bits per heavy atom. The number of alkyl halides is 2. The molecule has 2 rings (SSSR count). The van der Waals surface area contributed by atoms with Crippen molar-refractivity contribution in [3.63, 3.8) is 0 Å². The molecule has 2 aliphatic rings. The van der Waals surface area contributed by atoms with Crippen LogP contribution in [0.25, 0.3) is 0 Å². The average Bonchev–Trinajstić information content (AvgIpc) is 2.39. The molecule has 0 spiro atoms. The van der Waals surface area contributed by atoms with Crippen molar-refractivity contribution in [1.29, 1.82) is 0 Å². The molecule has 0 radical (unpaired) electrons. The Morgan fingerprint density at radius 2 is 2.22 bits per heavy atom. The summed E-state index contributed by atoms with van der Waals surface area (Å²) in [5.74, 6) is -2.91. The maximum atomic E-state index is 12.4. The molecule has 0 aromatic carbocycles. The summed E-state index contributed by atoms with van der Waals surface area (Å²) in [7, 11) is 0. The van der Waals surface area contributed by atoms with Gasteiger partial charge in [-0.2, -0.15) is 0 Å². The monoisotopic (exact) mass is 134 g/mol. The van der Waals surface area contributed by atoms with Crippen LogP contribution in [-0.2, 0) is 4.74 Å². The lowest BCUT2D eigenvalue weighted by Crippen LogP contribution is -2.07. The molecule has 9 heavy (non-hydrogen) atoms. The molecule has 1 saturated carbocycles. The third kappa shape index (κ3) is 0.611. The van der Waals surface area contributed by atoms with Gasteiger partial charge in [-0.05, 0) is 12.8 Å². The molecule has 0 amide bonds. The molecule has 0 aromatic rings. The van der Waals surface area contributed by atoms with Gasteiger partial charge in [0.05, 0.1) is 5.92 Å². The van der Waals surface area contributed by atoms with Crippen molar-refractivity contribution in [2.75, 3.05) is 6.61 Å². The summed E-state index contributed by atoms with van der Waals surface area (Å²) in [6.45, 7) is 0.525. The van der Waals surface area contributed by atoms with E-state index in [-0.39, 0.29) is 0 Å². The molecular formula is C6H8F2O. The summed E-state index contributed by atoms with van der Waals surface area (Å²) in [6, 6.07) is 0. The molecule has 2 unspecified atom stereocenters. The van der Waals surface area contributed by atoms with E-state index < -0.39 is 17.9 Å². The van der Waals surface area contributed by atoms with Crippen LogP contribution in [0.1, 0.15) is 12.8 Å². The van der Waals surface area contributed by atoms with Gasteiger partial charge in [0.1, 0.15) is 6.10 Å². The zero-order chi connectivity index (χ0) is 6.48. The van der Waals surface area contributed by atoms with E-state index in [2.05, 4.69) is 0 Å². The van der Waals surface area contributed by atoms with Crippen LogP contribution in [0.3, 0.4) is 0 Å². The minimum Gasteiger partial charge on any atom is -0.371 e. The highest BCUT2D eigenvalue weighted by molar-refractivity contribution is 5.08. The second-order valence-electron chi connectivity index (χ2n) is 2.71. The van der Waals surface area contributed by atoms with Crippen molar-refractivity contribution in [2.45, 2.75) is 24.9 Å². The van der Waals surface area contributed by atoms with E-state index in [9.17, 15) is 8.78 Å². The molecule has 1 heterocycles. The molecule has 0 bridgehead atoms. The SMILES string of the molecule is FC1(F)C2CCCOC21. The fourth-order valence-electron chi connectivity index (χ4n) is 1.44. The van der Waals surface area contributed by atoms with E-state index in [1.54, 1.807) is 0 Å². The molecular weight excluding hydrogens is 126 g/mol. The summed E-state index contributed by atoms with van der Waals surface area (Å²) in [6.07, 6.45) is 0.736. The molecule has 0 N–H and O–H groups in total. The smallest absolute Gasteiger partial charge is 0.279 e. The number of halogens is 2. The molecule has 1 nitrogen and oxygen atoms in total. The van der Waals surface area contributed by atoms with Gasteiger partial charge in [0.15, 0.2) is 0 Å². The van der Waals surface area contributed by atoms with Gasteiger partial charge in [-0.15, -0.1) is 0 Å². The van der Waals surface area contributed by atoms with Crippen LogP contribution in [0.2, 0.25) is 0 Å². The summed E-state index contributed by atoms with van der Waals surface area (Å²) in [5, 5.41) is 0. The second-order valence-corrected chi connectivity index (χ2v) is 2.71. The standard InChI is InChI=1S/C6H8F2O/c7-6(8)4-2-1-3-9-5(4)6/h4-5H,1-3H2. The van der Waals surface area contributed by atoms with E-state index in [1.165, 1.54) is 0 Å². The first kappa shape index (κ1) is 5.59. The van der Waals surface area contributed by atoms with Crippen molar-refractivity contribution in [1.82, 2.24) is 0 Å². The minimum absolute atomic E-state index is 0.439. The molecule has 52 valence electrons. The van der Waals surface area contributed by atoms with Crippen LogP contribution in [0.5, 0.6) is 0 Å². The van der Waals surface area contributed by atoms with Gasteiger partial charge >= 0.3 is 0 Å². The Balaban J connectivity index is 2.06. The summed E-state index contributed by atoms with van der Waals surface area (Å²) < 4.78 is 29.6. The maximum absolute atomic E-state index is 12.4. The van der Waals surface area contributed by atoms with Crippen LogP contribution in [0.4, 0.5) is 8.78 Å². The van der Waals surface area contributed by atoms with Gasteiger partial charge in [0.25, 0.3) is 5.92 Å². The van der Waals surface area contributed by atoms with Gasteiger partial charge in [-0.1, -0.05) is 0 Å². The van der Waals surface area contributed by atoms with Crippen LogP contribution in [0.15, 0.2) is 0 Å². The first-order valence-electron chi connectivity index (χ1n) is 3.22. The Labute approximate surface area is 52.0 Å². The van der Waals surface area contributed by atoms with Crippen LogP contribution < -0.4 is 0 Å². The first-order valence-corrected chi connectivity index (χ1v) is 3.22. The summed E-state index contributed by atoms with van der Waals surface area (Å²) in [4.78, 5) is 0. The molecule has 1 aliphatic carbocycles. The number of hydrogen-bond acceptors (Lipinski definition) is 1. The fourth-order valence-corrected chi connectivity index (χ4v) is 1.44. The predicted molar refractivity (Wildman–Crippen MR) is 27.4 cm³/mol. The molecule has 1 aliphatic heterocycles. The number of rotatable bonds is 0. The minimum atomic E-state index is -2.48. The zero-order valence-corrected chi connectivity index (χ0v) is 4.94. The summed E-state index contributed by atoms with van der Waals surface area (Å²) >= 11 is 0. The molecule has 0 aromatic heterocycles. The second kappa shape index (κ2) is 1.45. The Hall–Kier alpha value is -0.180. The third-order valence-corrected chi connectivity index (χ3v) is 2.09. The van der Waals surface area contributed by atoms with Crippen molar-refractivity contribution in [3.8, 4) is 0 Å². The molecule has 2 atom stereocenters. The Morgan fingerprint density at radius 3 is 2.67 bits per heavy atom. The van der Waals surface area contributed by atoms with E-state index in [0.29, 0.717) is 13.0 Å². The zero-order valence-electron chi connectivity index (χ0n) is 4.94. The van der Waals surface area contributed by atoms with Crippen LogP contribution >= 0.6 is 0 Å². The Kier molecular flexibility index (Phi) is 0.903.